The summed E-state index contributed by atoms with van der Waals surface area (Å²) in [6.07, 6.45) is 5.05. The summed E-state index contributed by atoms with van der Waals surface area (Å²) in [5, 5.41) is 7.00. The molecule has 2 fully saturated rings. The molecule has 2 N–H and O–H groups in total. The third kappa shape index (κ3) is 8.71. The molecule has 2 rings (SSSR count). The van der Waals surface area contributed by atoms with Crippen LogP contribution >= 0.6 is 24.0 Å². The highest BCUT2D eigenvalue weighted by atomic mass is 127. The molecule has 0 radical (unpaired) electrons. The van der Waals surface area contributed by atoms with Crippen molar-refractivity contribution in [2.24, 2.45) is 16.3 Å². The number of aliphatic imine (C=N–C) groups is 1. The van der Waals surface area contributed by atoms with Gasteiger partial charge in [0.15, 0.2) is 5.96 Å². The van der Waals surface area contributed by atoms with E-state index in [-0.39, 0.29) is 24.0 Å². The van der Waals surface area contributed by atoms with Crippen LogP contribution in [0.15, 0.2) is 4.99 Å². The molecule has 1 heterocycles. The van der Waals surface area contributed by atoms with Crippen LogP contribution in [0.25, 0.3) is 0 Å². The van der Waals surface area contributed by atoms with E-state index in [1.54, 1.807) is 7.11 Å². The van der Waals surface area contributed by atoms with E-state index in [9.17, 15) is 0 Å². The van der Waals surface area contributed by atoms with Gasteiger partial charge in [-0.25, -0.2) is 0 Å². The van der Waals surface area contributed by atoms with Crippen LogP contribution in [0.2, 0.25) is 0 Å². The van der Waals surface area contributed by atoms with E-state index in [2.05, 4.69) is 41.2 Å². The van der Waals surface area contributed by atoms with Gasteiger partial charge in [0.25, 0.3) is 0 Å². The van der Waals surface area contributed by atoms with Crippen LogP contribution in [0, 0.1) is 11.3 Å². The molecule has 1 unspecified atom stereocenters. The zero-order chi connectivity index (χ0) is 19.5. The first-order valence-electron chi connectivity index (χ1n) is 11.1. The van der Waals surface area contributed by atoms with Crippen LogP contribution < -0.4 is 10.6 Å². The Hall–Kier alpha value is -0.120. The minimum Gasteiger partial charge on any atom is -0.385 e. The fourth-order valence-electron chi connectivity index (χ4n) is 4.14. The molecular weight excluding hydrogens is 465 g/mol. The van der Waals surface area contributed by atoms with Gasteiger partial charge in [-0.05, 0) is 44.1 Å². The molecule has 2 aliphatic rings. The van der Waals surface area contributed by atoms with Gasteiger partial charge in [0, 0.05) is 66.1 Å². The summed E-state index contributed by atoms with van der Waals surface area (Å²) in [5.41, 5.74) is 0.378. The molecule has 1 atom stereocenters. The van der Waals surface area contributed by atoms with Gasteiger partial charge in [-0.2, -0.15) is 0 Å². The first kappa shape index (κ1) is 25.9. The van der Waals surface area contributed by atoms with Gasteiger partial charge < -0.3 is 25.2 Å². The Morgan fingerprint density at radius 2 is 1.79 bits per heavy atom. The molecule has 0 amide bonds. The van der Waals surface area contributed by atoms with Crippen molar-refractivity contribution in [1.29, 1.82) is 0 Å². The van der Waals surface area contributed by atoms with Crippen molar-refractivity contribution in [2.45, 2.75) is 46.5 Å². The number of guanidine groups is 1. The third-order valence-corrected chi connectivity index (χ3v) is 6.27. The Bertz CT molecular complexity index is 437. The maximum atomic E-state index is 5.31. The maximum Gasteiger partial charge on any atom is 0.191 e. The SMILES string of the molecule is CCNC(=NCC1(CCOC)CCC1)NCC(C)CN1CCN(CC)CC1.I. The highest BCUT2D eigenvalue weighted by molar-refractivity contribution is 14.0. The van der Waals surface area contributed by atoms with Gasteiger partial charge in [-0.3, -0.25) is 4.99 Å². The summed E-state index contributed by atoms with van der Waals surface area (Å²) < 4.78 is 5.31. The average molecular weight is 510 g/mol. The molecule has 0 aromatic carbocycles. The van der Waals surface area contributed by atoms with Crippen molar-refractivity contribution in [2.75, 3.05) is 72.6 Å². The van der Waals surface area contributed by atoms with Crippen LogP contribution in [0.3, 0.4) is 0 Å². The summed E-state index contributed by atoms with van der Waals surface area (Å²) in [7, 11) is 1.80. The molecule has 166 valence electrons. The van der Waals surface area contributed by atoms with Crippen molar-refractivity contribution in [3.05, 3.63) is 0 Å². The van der Waals surface area contributed by atoms with Crippen LogP contribution in [0.4, 0.5) is 0 Å². The molecular formula is C21H44IN5O. The lowest BCUT2D eigenvalue weighted by molar-refractivity contribution is 0.0778. The lowest BCUT2D eigenvalue weighted by Crippen LogP contribution is -2.48. The predicted molar refractivity (Wildman–Crippen MR) is 130 cm³/mol. The first-order chi connectivity index (χ1) is 13.1. The lowest BCUT2D eigenvalue weighted by atomic mass is 9.67. The number of likely N-dealkylation sites (N-methyl/N-ethyl adjacent to an activating group) is 1. The van der Waals surface area contributed by atoms with Gasteiger partial charge in [0.1, 0.15) is 0 Å². The Balaban J connectivity index is 0.00000392. The molecule has 0 bridgehead atoms. The smallest absolute Gasteiger partial charge is 0.191 e. The molecule has 6 nitrogen and oxygen atoms in total. The second kappa shape index (κ2) is 14.0. The Kier molecular flexibility index (Phi) is 12.9. The molecule has 0 aromatic heterocycles. The van der Waals surface area contributed by atoms with Crippen molar-refractivity contribution < 1.29 is 4.74 Å². The number of piperazine rings is 1. The standard InChI is InChI=1S/C21H43N5O.HI/c1-5-22-20(24-18-21(8-7-9-21)10-15-27-4)23-16-19(3)17-26-13-11-25(6-2)12-14-26;/h19H,5-18H2,1-4H3,(H2,22,23,24);1H. The summed E-state index contributed by atoms with van der Waals surface area (Å²) in [6, 6.07) is 0. The highest BCUT2D eigenvalue weighted by Gasteiger charge is 2.36. The van der Waals surface area contributed by atoms with Crippen molar-refractivity contribution >= 4 is 29.9 Å². The van der Waals surface area contributed by atoms with Crippen LogP contribution in [-0.4, -0.2) is 88.4 Å². The fourth-order valence-corrected chi connectivity index (χ4v) is 4.14. The van der Waals surface area contributed by atoms with Gasteiger partial charge in [0.2, 0.25) is 0 Å². The van der Waals surface area contributed by atoms with Gasteiger partial charge in [-0.1, -0.05) is 20.3 Å². The Morgan fingerprint density at radius 1 is 1.11 bits per heavy atom. The van der Waals surface area contributed by atoms with E-state index in [4.69, 9.17) is 9.73 Å². The van der Waals surface area contributed by atoms with Crippen LogP contribution in [0.5, 0.6) is 0 Å². The molecule has 1 saturated heterocycles. The Labute approximate surface area is 190 Å². The number of halogens is 1. The lowest BCUT2D eigenvalue weighted by Gasteiger charge is -2.40. The second-order valence-corrected chi connectivity index (χ2v) is 8.51. The number of nitrogens with one attached hydrogen (secondary N) is 2. The molecule has 7 heteroatoms. The predicted octanol–water partition coefficient (Wildman–Crippen LogP) is 2.64. The molecule has 1 aliphatic heterocycles. The summed E-state index contributed by atoms with van der Waals surface area (Å²) in [5.74, 6) is 1.59. The van der Waals surface area contributed by atoms with E-state index in [1.807, 2.05) is 0 Å². The van der Waals surface area contributed by atoms with E-state index >= 15 is 0 Å². The number of rotatable bonds is 11. The van der Waals surface area contributed by atoms with Gasteiger partial charge in [0.05, 0.1) is 0 Å². The number of nitrogens with zero attached hydrogens (tertiary/aromatic N) is 3. The van der Waals surface area contributed by atoms with Gasteiger partial charge >= 0.3 is 0 Å². The minimum absolute atomic E-state index is 0. The quantitative estimate of drug-likeness (QED) is 0.255. The zero-order valence-electron chi connectivity index (χ0n) is 18.6. The zero-order valence-corrected chi connectivity index (χ0v) is 21.0. The number of hydrogen-bond donors (Lipinski definition) is 2. The summed E-state index contributed by atoms with van der Waals surface area (Å²) >= 11 is 0. The fraction of sp³-hybridized carbons (Fsp3) is 0.952. The minimum atomic E-state index is 0. The van der Waals surface area contributed by atoms with E-state index in [1.165, 1.54) is 58.5 Å². The monoisotopic (exact) mass is 509 g/mol. The van der Waals surface area contributed by atoms with E-state index < -0.39 is 0 Å². The molecule has 28 heavy (non-hydrogen) atoms. The molecule has 0 spiro atoms. The Morgan fingerprint density at radius 3 is 2.32 bits per heavy atom. The number of methoxy groups -OCH3 is 1. The molecule has 0 aromatic rings. The highest BCUT2D eigenvalue weighted by Crippen LogP contribution is 2.44. The van der Waals surface area contributed by atoms with Crippen LogP contribution in [-0.2, 0) is 4.74 Å². The molecule has 1 aliphatic carbocycles. The second-order valence-electron chi connectivity index (χ2n) is 8.51. The normalized spacial score (nSPS) is 21.5. The van der Waals surface area contributed by atoms with Crippen molar-refractivity contribution in [1.82, 2.24) is 20.4 Å². The average Bonchev–Trinajstić information content (AvgIpc) is 2.65. The largest absolute Gasteiger partial charge is 0.385 e. The van der Waals surface area contributed by atoms with E-state index in [0.29, 0.717) is 11.3 Å². The van der Waals surface area contributed by atoms with Crippen molar-refractivity contribution in [3.63, 3.8) is 0 Å². The summed E-state index contributed by atoms with van der Waals surface area (Å²) in [4.78, 5) is 10.1. The summed E-state index contributed by atoms with van der Waals surface area (Å²) in [6.45, 7) is 17.6. The number of ether oxygens (including phenoxy) is 1. The van der Waals surface area contributed by atoms with Crippen molar-refractivity contribution in [3.8, 4) is 0 Å². The first-order valence-corrected chi connectivity index (χ1v) is 11.1. The van der Waals surface area contributed by atoms with E-state index in [0.717, 1.165) is 38.6 Å². The topological polar surface area (TPSA) is 52.1 Å². The number of hydrogen-bond acceptors (Lipinski definition) is 4. The molecule has 1 saturated carbocycles. The third-order valence-electron chi connectivity index (χ3n) is 6.27. The maximum absolute atomic E-state index is 5.31. The van der Waals surface area contributed by atoms with Gasteiger partial charge in [-0.15, -0.1) is 24.0 Å². The van der Waals surface area contributed by atoms with Crippen LogP contribution in [0.1, 0.15) is 46.5 Å².